The van der Waals surface area contributed by atoms with Crippen molar-refractivity contribution in [2.45, 2.75) is 26.7 Å². The van der Waals surface area contributed by atoms with E-state index in [9.17, 15) is 4.79 Å². The smallest absolute Gasteiger partial charge is 0.253 e. The molecule has 0 spiro atoms. The van der Waals surface area contributed by atoms with Crippen LogP contribution >= 0.6 is 0 Å². The number of carbonyl (C=O) groups is 1. The standard InChI is InChI=1S/C16H23N3O/c1-16(2,10-5-11-17)12-18-14-8-6-13(7-9-14)15(20)19(3)4/h6-9,18H,5,10,12H2,1-4H3. The first-order valence-electron chi connectivity index (χ1n) is 6.78. The molecule has 1 aromatic carbocycles. The van der Waals surface area contributed by atoms with Gasteiger partial charge in [0.05, 0.1) is 6.07 Å². The van der Waals surface area contributed by atoms with Crippen LogP contribution in [0.1, 0.15) is 37.0 Å². The summed E-state index contributed by atoms with van der Waals surface area (Å²) >= 11 is 0. The van der Waals surface area contributed by atoms with E-state index in [0.29, 0.717) is 12.0 Å². The fourth-order valence-electron chi connectivity index (χ4n) is 1.81. The van der Waals surface area contributed by atoms with Gasteiger partial charge in [0.15, 0.2) is 0 Å². The quantitative estimate of drug-likeness (QED) is 0.866. The molecule has 0 aromatic heterocycles. The number of nitriles is 1. The molecule has 1 rings (SSSR count). The Bertz CT molecular complexity index is 483. The molecular formula is C16H23N3O. The van der Waals surface area contributed by atoms with E-state index in [1.54, 1.807) is 19.0 Å². The van der Waals surface area contributed by atoms with E-state index in [1.165, 1.54) is 0 Å². The van der Waals surface area contributed by atoms with Crippen LogP contribution in [-0.2, 0) is 0 Å². The molecule has 0 fully saturated rings. The molecule has 0 heterocycles. The molecule has 0 saturated carbocycles. The van der Waals surface area contributed by atoms with Crippen LogP contribution in [-0.4, -0.2) is 31.4 Å². The molecule has 0 atom stereocenters. The van der Waals surface area contributed by atoms with Crippen LogP contribution in [0.3, 0.4) is 0 Å². The van der Waals surface area contributed by atoms with Gasteiger partial charge in [-0.15, -0.1) is 0 Å². The molecule has 1 aromatic rings. The zero-order valence-electron chi connectivity index (χ0n) is 12.7. The Morgan fingerprint density at radius 2 is 1.90 bits per heavy atom. The molecule has 108 valence electrons. The molecule has 20 heavy (non-hydrogen) atoms. The van der Waals surface area contributed by atoms with Crippen molar-refractivity contribution in [1.82, 2.24) is 4.90 Å². The number of hydrogen-bond acceptors (Lipinski definition) is 3. The van der Waals surface area contributed by atoms with Crippen molar-refractivity contribution in [3.8, 4) is 6.07 Å². The maximum atomic E-state index is 11.8. The molecule has 0 saturated heterocycles. The molecule has 4 nitrogen and oxygen atoms in total. The zero-order valence-corrected chi connectivity index (χ0v) is 12.7. The molecular weight excluding hydrogens is 250 g/mol. The van der Waals surface area contributed by atoms with Gasteiger partial charge in [0, 0.05) is 38.3 Å². The minimum atomic E-state index is 0.00546. The molecule has 0 aliphatic rings. The van der Waals surface area contributed by atoms with Gasteiger partial charge in [-0.2, -0.15) is 5.26 Å². The van der Waals surface area contributed by atoms with E-state index < -0.39 is 0 Å². The lowest BCUT2D eigenvalue weighted by molar-refractivity contribution is 0.0827. The summed E-state index contributed by atoms with van der Waals surface area (Å²) in [4.78, 5) is 13.3. The number of anilines is 1. The van der Waals surface area contributed by atoms with Crippen molar-refractivity contribution in [2.24, 2.45) is 5.41 Å². The summed E-state index contributed by atoms with van der Waals surface area (Å²) in [5.41, 5.74) is 1.75. The lowest BCUT2D eigenvalue weighted by Gasteiger charge is -2.24. The van der Waals surface area contributed by atoms with Gasteiger partial charge >= 0.3 is 0 Å². The van der Waals surface area contributed by atoms with E-state index in [-0.39, 0.29) is 11.3 Å². The fraction of sp³-hybridized carbons (Fsp3) is 0.500. The first kappa shape index (κ1) is 16.0. The average Bonchev–Trinajstić information content (AvgIpc) is 2.43. The second-order valence-corrected chi connectivity index (χ2v) is 5.95. The summed E-state index contributed by atoms with van der Waals surface area (Å²) < 4.78 is 0. The molecule has 0 unspecified atom stereocenters. The minimum Gasteiger partial charge on any atom is -0.385 e. The normalized spacial score (nSPS) is 10.8. The molecule has 0 bridgehead atoms. The van der Waals surface area contributed by atoms with Crippen LogP contribution in [0.25, 0.3) is 0 Å². The predicted octanol–water partition coefficient (Wildman–Crippen LogP) is 3.13. The Balaban J connectivity index is 2.58. The Hall–Kier alpha value is -2.02. The zero-order chi connectivity index (χ0) is 15.2. The van der Waals surface area contributed by atoms with E-state index in [1.807, 2.05) is 24.3 Å². The third-order valence-electron chi connectivity index (χ3n) is 3.22. The Kier molecular flexibility index (Phi) is 5.57. The van der Waals surface area contributed by atoms with Crippen LogP contribution < -0.4 is 5.32 Å². The number of benzene rings is 1. The van der Waals surface area contributed by atoms with Crippen molar-refractivity contribution < 1.29 is 4.79 Å². The first-order chi connectivity index (χ1) is 9.35. The van der Waals surface area contributed by atoms with Crippen molar-refractivity contribution in [3.63, 3.8) is 0 Å². The maximum Gasteiger partial charge on any atom is 0.253 e. The van der Waals surface area contributed by atoms with Crippen molar-refractivity contribution in [2.75, 3.05) is 26.0 Å². The highest BCUT2D eigenvalue weighted by atomic mass is 16.2. The molecule has 0 aliphatic carbocycles. The van der Waals surface area contributed by atoms with Crippen LogP contribution in [0.5, 0.6) is 0 Å². The van der Waals surface area contributed by atoms with Gasteiger partial charge in [-0.3, -0.25) is 4.79 Å². The summed E-state index contributed by atoms with van der Waals surface area (Å²) in [6.07, 6.45) is 1.44. The summed E-state index contributed by atoms with van der Waals surface area (Å²) in [7, 11) is 3.48. The number of nitrogens with zero attached hydrogens (tertiary/aromatic N) is 2. The highest BCUT2D eigenvalue weighted by Gasteiger charge is 2.17. The van der Waals surface area contributed by atoms with Gasteiger partial charge < -0.3 is 10.2 Å². The van der Waals surface area contributed by atoms with Crippen LogP contribution in [0.4, 0.5) is 5.69 Å². The van der Waals surface area contributed by atoms with Crippen LogP contribution in [0.15, 0.2) is 24.3 Å². The first-order valence-corrected chi connectivity index (χ1v) is 6.78. The topological polar surface area (TPSA) is 56.1 Å². The van der Waals surface area contributed by atoms with Gasteiger partial charge in [0.2, 0.25) is 0 Å². The van der Waals surface area contributed by atoms with E-state index >= 15 is 0 Å². The van der Waals surface area contributed by atoms with Gasteiger partial charge in [-0.1, -0.05) is 13.8 Å². The summed E-state index contributed by atoms with van der Waals surface area (Å²) in [5.74, 6) is 0.00546. The summed E-state index contributed by atoms with van der Waals surface area (Å²) in [6.45, 7) is 5.08. The van der Waals surface area contributed by atoms with Gasteiger partial charge in [-0.05, 0) is 36.1 Å². The number of rotatable bonds is 6. The van der Waals surface area contributed by atoms with Crippen molar-refractivity contribution in [3.05, 3.63) is 29.8 Å². The third-order valence-corrected chi connectivity index (χ3v) is 3.22. The Morgan fingerprint density at radius 3 is 2.40 bits per heavy atom. The third kappa shape index (κ3) is 4.93. The molecule has 0 aliphatic heterocycles. The maximum absolute atomic E-state index is 11.8. The summed E-state index contributed by atoms with van der Waals surface area (Å²) in [6, 6.07) is 9.66. The largest absolute Gasteiger partial charge is 0.385 e. The lowest BCUT2D eigenvalue weighted by atomic mass is 9.88. The number of amides is 1. The van der Waals surface area contributed by atoms with E-state index in [4.69, 9.17) is 5.26 Å². The monoisotopic (exact) mass is 273 g/mol. The van der Waals surface area contributed by atoms with Gasteiger partial charge in [-0.25, -0.2) is 0 Å². The highest BCUT2D eigenvalue weighted by molar-refractivity contribution is 5.94. The van der Waals surface area contributed by atoms with E-state index in [0.717, 1.165) is 18.7 Å². The van der Waals surface area contributed by atoms with Gasteiger partial charge in [0.1, 0.15) is 0 Å². The highest BCUT2D eigenvalue weighted by Crippen LogP contribution is 2.23. The van der Waals surface area contributed by atoms with E-state index in [2.05, 4.69) is 25.2 Å². The van der Waals surface area contributed by atoms with Gasteiger partial charge in [0.25, 0.3) is 5.91 Å². The fourth-order valence-corrected chi connectivity index (χ4v) is 1.81. The number of carbonyl (C=O) groups excluding carboxylic acids is 1. The predicted molar refractivity (Wildman–Crippen MR) is 81.6 cm³/mol. The molecule has 1 N–H and O–H groups in total. The average molecular weight is 273 g/mol. The molecule has 1 amide bonds. The van der Waals surface area contributed by atoms with Crippen LogP contribution in [0, 0.1) is 16.7 Å². The Labute approximate surface area is 121 Å². The second kappa shape index (κ2) is 6.95. The minimum absolute atomic E-state index is 0.00546. The second-order valence-electron chi connectivity index (χ2n) is 5.95. The lowest BCUT2D eigenvalue weighted by Crippen LogP contribution is -2.23. The van der Waals surface area contributed by atoms with Crippen molar-refractivity contribution in [1.29, 1.82) is 5.26 Å². The van der Waals surface area contributed by atoms with Crippen LogP contribution in [0.2, 0.25) is 0 Å². The number of nitrogens with one attached hydrogen (secondary N) is 1. The molecule has 4 heteroatoms. The SMILES string of the molecule is CN(C)C(=O)c1ccc(NCC(C)(C)CCC#N)cc1. The van der Waals surface area contributed by atoms with Crippen molar-refractivity contribution >= 4 is 11.6 Å². The summed E-state index contributed by atoms with van der Waals surface area (Å²) in [5, 5.41) is 12.0. The molecule has 0 radical (unpaired) electrons. The Morgan fingerprint density at radius 1 is 1.30 bits per heavy atom. The number of hydrogen-bond donors (Lipinski definition) is 1.